The molecule has 0 aromatic heterocycles. The Kier molecular flexibility index (Phi) is 6.00. The van der Waals surface area contributed by atoms with Gasteiger partial charge in [-0.25, -0.2) is 9.59 Å². The fraction of sp³-hybridized carbons (Fsp3) is 0.625. The van der Waals surface area contributed by atoms with Gasteiger partial charge in [-0.2, -0.15) is 0 Å². The topological polar surface area (TPSA) is 64.6 Å². The molecule has 0 fully saturated rings. The van der Waals surface area contributed by atoms with Gasteiger partial charge in [-0.15, -0.1) is 6.58 Å². The molecule has 0 saturated carbocycles. The van der Waals surface area contributed by atoms with Crippen LogP contribution in [0.15, 0.2) is 24.8 Å². The minimum absolute atomic E-state index is 0.308. The number of cyclic esters (lactones) is 1. The van der Waals surface area contributed by atoms with E-state index in [2.05, 4.69) is 18.8 Å². The first kappa shape index (κ1) is 17.3. The molecular formula is C16H25NO4. The number of hydrogen-bond donors (Lipinski definition) is 1. The zero-order valence-electron chi connectivity index (χ0n) is 13.2. The van der Waals surface area contributed by atoms with Crippen LogP contribution in [0.1, 0.15) is 40.5 Å². The van der Waals surface area contributed by atoms with Crippen molar-refractivity contribution < 1.29 is 19.1 Å². The van der Waals surface area contributed by atoms with Crippen molar-refractivity contribution in [2.24, 2.45) is 5.92 Å². The minimum atomic E-state index is -0.566. The average molecular weight is 295 g/mol. The summed E-state index contributed by atoms with van der Waals surface area (Å²) in [5.41, 5.74) is -0.566. The van der Waals surface area contributed by atoms with Crippen molar-refractivity contribution in [2.75, 3.05) is 0 Å². The number of allylic oxidation sites excluding steroid dienone is 1. The summed E-state index contributed by atoms with van der Waals surface area (Å²) in [7, 11) is 0. The third-order valence-corrected chi connectivity index (χ3v) is 3.00. The van der Waals surface area contributed by atoms with Crippen LogP contribution in [-0.4, -0.2) is 29.8 Å². The van der Waals surface area contributed by atoms with Crippen LogP contribution in [0, 0.1) is 5.92 Å². The van der Waals surface area contributed by atoms with Crippen LogP contribution in [0.4, 0.5) is 4.79 Å². The number of esters is 1. The molecule has 1 heterocycles. The molecule has 0 spiro atoms. The van der Waals surface area contributed by atoms with Gasteiger partial charge >= 0.3 is 12.1 Å². The van der Waals surface area contributed by atoms with Gasteiger partial charge in [0.05, 0.1) is 6.04 Å². The lowest BCUT2D eigenvalue weighted by atomic mass is 9.95. The predicted octanol–water partition coefficient (Wildman–Crippen LogP) is 2.96. The van der Waals surface area contributed by atoms with Gasteiger partial charge in [-0.3, -0.25) is 0 Å². The van der Waals surface area contributed by atoms with Crippen molar-refractivity contribution in [1.82, 2.24) is 5.32 Å². The molecule has 5 heteroatoms. The van der Waals surface area contributed by atoms with E-state index in [1.54, 1.807) is 26.8 Å². The predicted molar refractivity (Wildman–Crippen MR) is 80.8 cm³/mol. The number of hydrogen-bond acceptors (Lipinski definition) is 4. The lowest BCUT2D eigenvalue weighted by Crippen LogP contribution is -2.46. The molecule has 1 aliphatic rings. The quantitative estimate of drug-likeness (QED) is 0.604. The molecule has 0 aromatic rings. The van der Waals surface area contributed by atoms with Gasteiger partial charge in [0, 0.05) is 6.08 Å². The standard InChI is InChI=1S/C16H25NO4/c1-6-7-11(2)10-12(13-8-9-14(18)20-13)17-15(19)21-16(3,4)5/h6,8-9,11-13H,1,7,10H2,2-5H3,(H,17,19)/t11-,12?,13?/m0/s1. The van der Waals surface area contributed by atoms with E-state index in [1.807, 2.05) is 6.08 Å². The van der Waals surface area contributed by atoms with Crippen LogP contribution in [-0.2, 0) is 14.3 Å². The maximum absolute atomic E-state index is 11.9. The molecule has 5 nitrogen and oxygen atoms in total. The van der Waals surface area contributed by atoms with E-state index >= 15 is 0 Å². The highest BCUT2D eigenvalue weighted by Crippen LogP contribution is 2.19. The molecule has 0 saturated heterocycles. The number of carbonyl (C=O) groups excluding carboxylic acids is 2. The highest BCUT2D eigenvalue weighted by Gasteiger charge is 2.30. The fourth-order valence-corrected chi connectivity index (χ4v) is 2.15. The number of ether oxygens (including phenoxy) is 2. The van der Waals surface area contributed by atoms with Crippen LogP contribution in [0.2, 0.25) is 0 Å². The number of carbonyl (C=O) groups is 2. The Morgan fingerprint density at radius 1 is 1.57 bits per heavy atom. The molecule has 1 amide bonds. The average Bonchev–Trinajstić information content (AvgIpc) is 2.72. The van der Waals surface area contributed by atoms with Crippen LogP contribution in [0.25, 0.3) is 0 Å². The normalized spacial score (nSPS) is 20.6. The van der Waals surface area contributed by atoms with Crippen molar-refractivity contribution in [2.45, 2.75) is 58.3 Å². The number of amides is 1. The van der Waals surface area contributed by atoms with Gasteiger partial charge in [-0.05, 0) is 45.6 Å². The fourth-order valence-electron chi connectivity index (χ4n) is 2.15. The van der Waals surface area contributed by atoms with E-state index in [1.165, 1.54) is 6.08 Å². The Balaban J connectivity index is 2.67. The Labute approximate surface area is 126 Å². The molecule has 0 aliphatic carbocycles. The molecule has 21 heavy (non-hydrogen) atoms. The summed E-state index contributed by atoms with van der Waals surface area (Å²) in [5.74, 6) is -0.0671. The monoisotopic (exact) mass is 295 g/mol. The summed E-state index contributed by atoms with van der Waals surface area (Å²) in [5, 5.41) is 2.80. The zero-order chi connectivity index (χ0) is 16.0. The van der Waals surface area contributed by atoms with Gasteiger partial charge in [-0.1, -0.05) is 13.0 Å². The molecule has 1 rings (SSSR count). The summed E-state index contributed by atoms with van der Waals surface area (Å²) >= 11 is 0. The molecule has 118 valence electrons. The van der Waals surface area contributed by atoms with E-state index in [9.17, 15) is 9.59 Å². The Morgan fingerprint density at radius 2 is 2.24 bits per heavy atom. The van der Waals surface area contributed by atoms with Crippen molar-refractivity contribution in [1.29, 1.82) is 0 Å². The van der Waals surface area contributed by atoms with Crippen LogP contribution >= 0.6 is 0 Å². The minimum Gasteiger partial charge on any atom is -0.453 e. The Bertz CT molecular complexity index is 422. The molecule has 0 aromatic carbocycles. The van der Waals surface area contributed by atoms with E-state index in [0.717, 1.165) is 6.42 Å². The van der Waals surface area contributed by atoms with E-state index in [0.29, 0.717) is 12.3 Å². The lowest BCUT2D eigenvalue weighted by molar-refractivity contribution is -0.139. The Hall–Kier alpha value is -1.78. The summed E-state index contributed by atoms with van der Waals surface area (Å²) < 4.78 is 10.4. The first-order valence-corrected chi connectivity index (χ1v) is 7.20. The van der Waals surface area contributed by atoms with Crippen LogP contribution in [0.3, 0.4) is 0 Å². The summed E-state index contributed by atoms with van der Waals surface area (Å²) in [6.45, 7) is 11.2. The lowest BCUT2D eigenvalue weighted by Gasteiger charge is -2.27. The molecule has 0 bridgehead atoms. The summed E-state index contributed by atoms with van der Waals surface area (Å²) in [6, 6.07) is -0.308. The van der Waals surface area contributed by atoms with Gasteiger partial charge < -0.3 is 14.8 Å². The molecule has 1 N–H and O–H groups in total. The van der Waals surface area contributed by atoms with Crippen LogP contribution in [0.5, 0.6) is 0 Å². The first-order chi connectivity index (χ1) is 9.71. The third-order valence-electron chi connectivity index (χ3n) is 3.00. The largest absolute Gasteiger partial charge is 0.453 e. The number of alkyl carbamates (subject to hydrolysis) is 1. The molecule has 1 aliphatic heterocycles. The smallest absolute Gasteiger partial charge is 0.408 e. The van der Waals surface area contributed by atoms with Gasteiger partial charge in [0.15, 0.2) is 0 Å². The Morgan fingerprint density at radius 3 is 2.71 bits per heavy atom. The molecule has 2 unspecified atom stereocenters. The molecule has 0 radical (unpaired) electrons. The summed E-state index contributed by atoms with van der Waals surface area (Å²) in [4.78, 5) is 23.1. The first-order valence-electron chi connectivity index (χ1n) is 7.20. The van der Waals surface area contributed by atoms with Crippen molar-refractivity contribution in [3.8, 4) is 0 Å². The van der Waals surface area contributed by atoms with Crippen LogP contribution < -0.4 is 5.32 Å². The number of nitrogens with one attached hydrogen (secondary N) is 1. The molecular weight excluding hydrogens is 270 g/mol. The van der Waals surface area contributed by atoms with Crippen molar-refractivity contribution >= 4 is 12.1 Å². The maximum atomic E-state index is 11.9. The zero-order valence-corrected chi connectivity index (χ0v) is 13.2. The third kappa shape index (κ3) is 6.47. The van der Waals surface area contributed by atoms with E-state index in [4.69, 9.17) is 9.47 Å². The second-order valence-electron chi connectivity index (χ2n) is 6.38. The van der Waals surface area contributed by atoms with Crippen molar-refractivity contribution in [3.05, 3.63) is 24.8 Å². The second-order valence-corrected chi connectivity index (χ2v) is 6.38. The van der Waals surface area contributed by atoms with Gasteiger partial charge in [0.2, 0.25) is 0 Å². The van der Waals surface area contributed by atoms with Gasteiger partial charge in [0.1, 0.15) is 11.7 Å². The summed E-state index contributed by atoms with van der Waals surface area (Å²) in [6.07, 6.45) is 5.44. The SMILES string of the molecule is C=CC[C@H](C)CC(NC(=O)OC(C)(C)C)C1C=CC(=O)O1. The van der Waals surface area contributed by atoms with E-state index < -0.39 is 17.8 Å². The number of rotatable bonds is 6. The molecule has 3 atom stereocenters. The maximum Gasteiger partial charge on any atom is 0.408 e. The van der Waals surface area contributed by atoms with Gasteiger partial charge in [0.25, 0.3) is 0 Å². The van der Waals surface area contributed by atoms with Crippen molar-refractivity contribution in [3.63, 3.8) is 0 Å². The van der Waals surface area contributed by atoms with E-state index in [-0.39, 0.29) is 12.0 Å². The second kappa shape index (κ2) is 7.29. The highest BCUT2D eigenvalue weighted by atomic mass is 16.6. The highest BCUT2D eigenvalue weighted by molar-refractivity contribution is 5.84.